The fourth-order valence-electron chi connectivity index (χ4n) is 4.00. The first kappa shape index (κ1) is 20.1. The second-order valence-corrected chi connectivity index (χ2v) is 10.2. The van der Waals surface area contributed by atoms with Crippen molar-refractivity contribution in [3.05, 3.63) is 89.3 Å². The predicted octanol–water partition coefficient (Wildman–Crippen LogP) is 4.91. The molecule has 1 aromatic heterocycles. The van der Waals surface area contributed by atoms with Gasteiger partial charge in [0.15, 0.2) is 11.5 Å². The molecule has 3 aromatic carbocycles. The molecular formula is C24H21NO4S2. The summed E-state index contributed by atoms with van der Waals surface area (Å²) in [6.45, 7) is 0.417. The van der Waals surface area contributed by atoms with Gasteiger partial charge >= 0.3 is 0 Å². The van der Waals surface area contributed by atoms with E-state index < -0.39 is 10.0 Å². The molecule has 31 heavy (non-hydrogen) atoms. The van der Waals surface area contributed by atoms with E-state index in [4.69, 9.17) is 14.6 Å². The van der Waals surface area contributed by atoms with Crippen LogP contribution in [-0.4, -0.2) is 21.1 Å². The van der Waals surface area contributed by atoms with Gasteiger partial charge in [-0.25, -0.2) is 13.6 Å². The van der Waals surface area contributed by atoms with Gasteiger partial charge in [-0.2, -0.15) is 0 Å². The van der Waals surface area contributed by atoms with Crippen molar-refractivity contribution in [2.75, 3.05) is 6.61 Å². The summed E-state index contributed by atoms with van der Waals surface area (Å²) in [5, 5.41) is 6.48. The van der Waals surface area contributed by atoms with Crippen molar-refractivity contribution in [3.63, 3.8) is 0 Å². The molecule has 5 rings (SSSR count). The summed E-state index contributed by atoms with van der Waals surface area (Å²) < 4.78 is 37.0. The van der Waals surface area contributed by atoms with E-state index in [1.165, 1.54) is 32.7 Å². The van der Waals surface area contributed by atoms with Crippen molar-refractivity contribution in [2.45, 2.75) is 23.3 Å². The summed E-state index contributed by atoms with van der Waals surface area (Å²) in [6.07, 6.45) is 0.491. The molecule has 2 N–H and O–H groups in total. The molecule has 5 nitrogen and oxygen atoms in total. The van der Waals surface area contributed by atoms with Gasteiger partial charge in [-0.3, -0.25) is 0 Å². The zero-order chi connectivity index (χ0) is 21.4. The molecule has 0 saturated carbocycles. The minimum absolute atomic E-state index is 0.0115. The number of sulfonamides is 1. The number of ether oxygens (including phenoxy) is 2. The molecule has 0 aliphatic carbocycles. The smallest absolute Gasteiger partial charge is 0.238 e. The summed E-state index contributed by atoms with van der Waals surface area (Å²) in [4.78, 5) is 1.24. The molecule has 0 fully saturated rings. The Labute approximate surface area is 185 Å². The third-order valence-corrected chi connectivity index (χ3v) is 7.57. The van der Waals surface area contributed by atoms with Crippen LogP contribution in [0.3, 0.4) is 0 Å². The summed E-state index contributed by atoms with van der Waals surface area (Å²) in [5.41, 5.74) is 1.17. The Balaban J connectivity index is 1.57. The minimum Gasteiger partial charge on any atom is -0.490 e. The number of nitrogens with two attached hydrogens (primary N) is 1. The van der Waals surface area contributed by atoms with Gasteiger partial charge in [-0.15, -0.1) is 11.3 Å². The maximum absolute atomic E-state index is 11.7. The molecule has 1 aliphatic heterocycles. The number of rotatable bonds is 4. The molecule has 1 aliphatic rings. The van der Waals surface area contributed by atoms with Crippen molar-refractivity contribution < 1.29 is 17.9 Å². The van der Waals surface area contributed by atoms with Crippen LogP contribution in [0.2, 0.25) is 0 Å². The van der Waals surface area contributed by atoms with Crippen molar-refractivity contribution in [3.8, 4) is 11.5 Å². The van der Waals surface area contributed by atoms with E-state index in [1.54, 1.807) is 17.4 Å². The van der Waals surface area contributed by atoms with Gasteiger partial charge in [0.05, 0.1) is 17.4 Å². The molecule has 2 heterocycles. The largest absolute Gasteiger partial charge is 0.490 e. The second-order valence-electron chi connectivity index (χ2n) is 7.52. The number of benzene rings is 3. The van der Waals surface area contributed by atoms with Crippen molar-refractivity contribution in [2.24, 2.45) is 5.14 Å². The number of primary sulfonamides is 1. The highest BCUT2D eigenvalue weighted by molar-refractivity contribution is 7.89. The zero-order valence-corrected chi connectivity index (χ0v) is 18.2. The maximum Gasteiger partial charge on any atom is 0.238 e. The van der Waals surface area contributed by atoms with Gasteiger partial charge < -0.3 is 9.47 Å². The van der Waals surface area contributed by atoms with Gasteiger partial charge in [0.2, 0.25) is 10.0 Å². The number of hydrogen-bond acceptors (Lipinski definition) is 5. The summed E-state index contributed by atoms with van der Waals surface area (Å²) in [6, 6.07) is 25.4. The van der Waals surface area contributed by atoms with Gasteiger partial charge in [0.25, 0.3) is 0 Å². The highest BCUT2D eigenvalue weighted by Gasteiger charge is 2.31. The van der Waals surface area contributed by atoms with Crippen LogP contribution in [0.4, 0.5) is 0 Å². The lowest BCUT2D eigenvalue weighted by molar-refractivity contribution is 0.174. The van der Waals surface area contributed by atoms with E-state index in [-0.39, 0.29) is 16.9 Å². The second kappa shape index (κ2) is 8.00. The molecule has 4 aromatic rings. The molecule has 0 saturated heterocycles. The molecule has 0 amide bonds. The van der Waals surface area contributed by atoms with Crippen LogP contribution < -0.4 is 14.6 Å². The summed E-state index contributed by atoms with van der Waals surface area (Å²) in [5.74, 6) is 0.945. The maximum atomic E-state index is 11.7. The van der Waals surface area contributed by atoms with E-state index in [0.717, 1.165) is 0 Å². The first-order chi connectivity index (χ1) is 15.0. The third kappa shape index (κ3) is 4.04. The lowest BCUT2D eigenvalue weighted by atomic mass is 9.90. The van der Waals surface area contributed by atoms with E-state index >= 15 is 0 Å². The molecule has 0 spiro atoms. The molecule has 1 unspecified atom stereocenters. The Morgan fingerprint density at radius 1 is 0.935 bits per heavy atom. The van der Waals surface area contributed by atoms with Crippen LogP contribution in [0, 0.1) is 0 Å². The van der Waals surface area contributed by atoms with Crippen molar-refractivity contribution >= 4 is 31.4 Å². The quantitative estimate of drug-likeness (QED) is 0.478. The standard InChI is InChI=1S/C24H21NO4S2/c25-31(26,27)18-10-11-19-21(15-18)28-13-12-20(29-19)24(16-6-2-1-3-7-16)23-14-17-8-4-5-9-22(17)30-23/h1-11,14-15,20,24H,12-13H2,(H2,25,26,27)/t20?,24-/m0/s1. The average molecular weight is 452 g/mol. The topological polar surface area (TPSA) is 78.6 Å². The van der Waals surface area contributed by atoms with Crippen LogP contribution in [0.5, 0.6) is 11.5 Å². The highest BCUT2D eigenvalue weighted by atomic mass is 32.2. The van der Waals surface area contributed by atoms with E-state index in [9.17, 15) is 8.42 Å². The first-order valence-corrected chi connectivity index (χ1v) is 12.3. The van der Waals surface area contributed by atoms with Gasteiger partial charge in [0, 0.05) is 22.1 Å². The monoisotopic (exact) mass is 451 g/mol. The van der Waals surface area contributed by atoms with E-state index in [0.29, 0.717) is 24.5 Å². The van der Waals surface area contributed by atoms with Crippen LogP contribution in [0.15, 0.2) is 83.8 Å². The third-order valence-electron chi connectivity index (χ3n) is 5.46. The Kier molecular flexibility index (Phi) is 5.17. The molecule has 0 radical (unpaired) electrons. The molecule has 0 bridgehead atoms. The zero-order valence-electron chi connectivity index (χ0n) is 16.6. The predicted molar refractivity (Wildman–Crippen MR) is 122 cm³/mol. The molecule has 158 valence electrons. The van der Waals surface area contributed by atoms with Crippen molar-refractivity contribution in [1.82, 2.24) is 0 Å². The van der Waals surface area contributed by atoms with Gasteiger partial charge in [-0.1, -0.05) is 48.5 Å². The van der Waals surface area contributed by atoms with Crippen molar-refractivity contribution in [1.29, 1.82) is 0 Å². The summed E-state index contributed by atoms with van der Waals surface area (Å²) in [7, 11) is -3.81. The minimum atomic E-state index is -3.81. The fourth-order valence-corrected chi connectivity index (χ4v) is 5.77. The number of fused-ring (bicyclic) bond motifs is 2. The Bertz CT molecular complexity index is 1300. The van der Waals surface area contributed by atoms with Crippen LogP contribution in [0.25, 0.3) is 10.1 Å². The van der Waals surface area contributed by atoms with Gasteiger partial charge in [-0.05, 0) is 35.2 Å². The normalized spacial score (nSPS) is 17.3. The van der Waals surface area contributed by atoms with E-state index in [1.807, 2.05) is 24.3 Å². The van der Waals surface area contributed by atoms with Crippen LogP contribution in [-0.2, 0) is 10.0 Å². The SMILES string of the molecule is NS(=O)(=O)c1ccc2c(c1)OCCC([C@H](c1ccccc1)c1cc3ccccc3s1)O2. The molecule has 7 heteroatoms. The molecular weight excluding hydrogens is 430 g/mol. The van der Waals surface area contributed by atoms with Gasteiger partial charge in [0.1, 0.15) is 6.10 Å². The number of hydrogen-bond donors (Lipinski definition) is 1. The Hall–Kier alpha value is -2.87. The first-order valence-electron chi connectivity index (χ1n) is 9.99. The van der Waals surface area contributed by atoms with Crippen LogP contribution in [0.1, 0.15) is 22.8 Å². The Morgan fingerprint density at radius 3 is 2.48 bits per heavy atom. The Morgan fingerprint density at radius 2 is 1.71 bits per heavy atom. The fraction of sp³-hybridized carbons (Fsp3) is 0.167. The van der Waals surface area contributed by atoms with E-state index in [2.05, 4.69) is 36.4 Å². The average Bonchev–Trinajstić information content (AvgIpc) is 3.06. The lowest BCUT2D eigenvalue weighted by Gasteiger charge is -2.26. The van der Waals surface area contributed by atoms with Crippen LogP contribution >= 0.6 is 11.3 Å². The highest BCUT2D eigenvalue weighted by Crippen LogP contribution is 2.42. The summed E-state index contributed by atoms with van der Waals surface area (Å²) >= 11 is 1.77. The number of thiophene rings is 1. The molecule has 2 atom stereocenters. The lowest BCUT2D eigenvalue weighted by Crippen LogP contribution is -2.26.